The molecule has 0 radical (unpaired) electrons. The Hall–Kier alpha value is -2.78. The normalized spacial score (nSPS) is 12.8. The zero-order valence-corrected chi connectivity index (χ0v) is 14.4. The quantitative estimate of drug-likeness (QED) is 0.710. The summed E-state index contributed by atoms with van der Waals surface area (Å²) in [7, 11) is -3.59. The average molecular weight is 375 g/mol. The molecule has 0 saturated carbocycles. The molecule has 0 atom stereocenters. The Morgan fingerprint density at radius 2 is 1.88 bits per heavy atom. The minimum atomic E-state index is -3.59. The van der Waals surface area contributed by atoms with Crippen molar-refractivity contribution >= 4 is 38.6 Å². The van der Waals surface area contributed by atoms with E-state index >= 15 is 0 Å². The number of thiophene rings is 1. The van der Waals surface area contributed by atoms with Crippen molar-refractivity contribution < 1.29 is 17.9 Å². The van der Waals surface area contributed by atoms with Gasteiger partial charge >= 0.3 is 0 Å². The maximum atomic E-state index is 12.2. The van der Waals surface area contributed by atoms with Gasteiger partial charge in [0.05, 0.1) is 11.9 Å². The molecular weight excluding hydrogens is 362 g/mol. The van der Waals surface area contributed by atoms with E-state index in [4.69, 9.17) is 9.47 Å². The van der Waals surface area contributed by atoms with Gasteiger partial charge in [0.15, 0.2) is 11.5 Å². The Balaban J connectivity index is 1.47. The molecule has 2 N–H and O–H groups in total. The first-order valence-corrected chi connectivity index (χ1v) is 9.65. The van der Waals surface area contributed by atoms with E-state index in [1.807, 2.05) is 18.2 Å². The van der Waals surface area contributed by atoms with E-state index in [0.29, 0.717) is 11.5 Å². The smallest absolute Gasteiger partial charge is 0.272 e. The number of nitrogens with one attached hydrogen (secondary N) is 2. The molecule has 9 heteroatoms. The minimum absolute atomic E-state index is 0.222. The number of ether oxygens (including phenoxy) is 2. The molecule has 1 aliphatic heterocycles. The van der Waals surface area contributed by atoms with E-state index in [9.17, 15) is 8.42 Å². The van der Waals surface area contributed by atoms with Crippen LogP contribution >= 0.6 is 11.3 Å². The maximum Gasteiger partial charge on any atom is 0.272 e. The van der Waals surface area contributed by atoms with Gasteiger partial charge in [0, 0.05) is 11.8 Å². The number of anilines is 3. The number of hydrogen-bond acceptors (Lipinski definition) is 7. The highest BCUT2D eigenvalue weighted by atomic mass is 32.2. The third-order valence-corrected chi connectivity index (χ3v) is 6.18. The number of rotatable bonds is 5. The first-order chi connectivity index (χ1) is 12.1. The summed E-state index contributed by atoms with van der Waals surface area (Å²) < 4.78 is 37.6. The second-order valence-corrected chi connectivity index (χ2v) is 8.02. The molecule has 1 aromatic carbocycles. The zero-order chi connectivity index (χ0) is 17.3. The number of aromatic nitrogens is 1. The van der Waals surface area contributed by atoms with Crippen LogP contribution < -0.4 is 19.5 Å². The second kappa shape index (κ2) is 6.26. The Kier molecular flexibility index (Phi) is 3.94. The highest BCUT2D eigenvalue weighted by Gasteiger charge is 2.16. The lowest BCUT2D eigenvalue weighted by Crippen LogP contribution is -2.12. The summed E-state index contributed by atoms with van der Waals surface area (Å²) in [6, 6.07) is 12.1. The van der Waals surface area contributed by atoms with E-state index in [-0.39, 0.29) is 16.8 Å². The van der Waals surface area contributed by atoms with Crippen LogP contribution in [-0.2, 0) is 10.0 Å². The van der Waals surface area contributed by atoms with Gasteiger partial charge in [-0.25, -0.2) is 13.4 Å². The van der Waals surface area contributed by atoms with Crippen LogP contribution in [0.3, 0.4) is 0 Å². The Morgan fingerprint density at radius 3 is 2.64 bits per heavy atom. The fraction of sp³-hybridized carbons (Fsp3) is 0.0625. The molecule has 4 rings (SSSR count). The van der Waals surface area contributed by atoms with Gasteiger partial charge in [-0.2, -0.15) is 0 Å². The van der Waals surface area contributed by atoms with Gasteiger partial charge in [-0.3, -0.25) is 4.72 Å². The SMILES string of the molecule is O=S(=O)(Nc1ccc(Nc2ccc3c(c2)OCO3)cn1)c1cccs1. The predicted molar refractivity (Wildman–Crippen MR) is 95.2 cm³/mol. The Labute approximate surface area is 148 Å². The summed E-state index contributed by atoms with van der Waals surface area (Å²) in [5.41, 5.74) is 1.54. The number of hydrogen-bond donors (Lipinski definition) is 2. The van der Waals surface area contributed by atoms with Gasteiger partial charge < -0.3 is 14.8 Å². The summed E-state index contributed by atoms with van der Waals surface area (Å²) >= 11 is 1.15. The van der Waals surface area contributed by atoms with Gasteiger partial charge in [0.25, 0.3) is 10.0 Å². The van der Waals surface area contributed by atoms with Gasteiger partial charge in [0.1, 0.15) is 10.0 Å². The van der Waals surface area contributed by atoms with Gasteiger partial charge in [-0.05, 0) is 35.7 Å². The summed E-state index contributed by atoms with van der Waals surface area (Å²) in [6.07, 6.45) is 1.55. The number of fused-ring (bicyclic) bond motifs is 1. The molecule has 3 aromatic rings. The number of nitrogens with zero attached hydrogens (tertiary/aromatic N) is 1. The fourth-order valence-electron chi connectivity index (χ4n) is 2.27. The van der Waals surface area contributed by atoms with Crippen LogP contribution in [0.4, 0.5) is 17.2 Å². The topological polar surface area (TPSA) is 89.6 Å². The number of pyridine rings is 1. The van der Waals surface area contributed by atoms with Crippen LogP contribution in [0.15, 0.2) is 58.3 Å². The molecule has 0 unspecified atom stereocenters. The summed E-state index contributed by atoms with van der Waals surface area (Å²) in [5, 5.41) is 4.89. The highest BCUT2D eigenvalue weighted by molar-refractivity contribution is 7.94. The van der Waals surface area contributed by atoms with E-state index < -0.39 is 10.0 Å². The van der Waals surface area contributed by atoms with E-state index in [0.717, 1.165) is 22.7 Å². The summed E-state index contributed by atoms with van der Waals surface area (Å²) in [4.78, 5) is 4.14. The van der Waals surface area contributed by atoms with Crippen LogP contribution in [0.1, 0.15) is 0 Å². The van der Waals surface area contributed by atoms with Crippen molar-refractivity contribution in [3.8, 4) is 11.5 Å². The lowest BCUT2D eigenvalue weighted by atomic mass is 10.2. The molecule has 2 aromatic heterocycles. The van der Waals surface area contributed by atoms with Crippen molar-refractivity contribution in [3.63, 3.8) is 0 Å². The monoisotopic (exact) mass is 375 g/mol. The minimum Gasteiger partial charge on any atom is -0.454 e. The number of benzene rings is 1. The van der Waals surface area contributed by atoms with Crippen molar-refractivity contribution in [3.05, 3.63) is 54.0 Å². The Bertz CT molecular complexity index is 987. The highest BCUT2D eigenvalue weighted by Crippen LogP contribution is 2.35. The summed E-state index contributed by atoms with van der Waals surface area (Å²) in [6.45, 7) is 0.222. The molecule has 0 fully saturated rings. The van der Waals surface area contributed by atoms with Crippen LogP contribution in [0.5, 0.6) is 11.5 Å². The number of sulfonamides is 1. The Morgan fingerprint density at radius 1 is 1.04 bits per heavy atom. The van der Waals surface area contributed by atoms with E-state index in [1.54, 1.807) is 35.8 Å². The van der Waals surface area contributed by atoms with Crippen LogP contribution in [0, 0.1) is 0 Å². The molecule has 0 bridgehead atoms. The molecular formula is C16H13N3O4S2. The first kappa shape index (κ1) is 15.7. The summed E-state index contributed by atoms with van der Waals surface area (Å²) in [5.74, 6) is 1.64. The molecule has 3 heterocycles. The van der Waals surface area contributed by atoms with Gasteiger partial charge in [-0.15, -0.1) is 11.3 Å². The molecule has 0 spiro atoms. The first-order valence-electron chi connectivity index (χ1n) is 7.29. The van der Waals surface area contributed by atoms with Gasteiger partial charge in [0.2, 0.25) is 6.79 Å². The standard InChI is InChI=1S/C16H13N3O4S2/c20-25(21,16-2-1-7-24-16)19-15-6-4-12(9-17-15)18-11-3-5-13-14(8-11)23-10-22-13/h1-9,18H,10H2,(H,17,19). The van der Waals surface area contributed by atoms with Crippen molar-refractivity contribution in [1.29, 1.82) is 0 Å². The molecule has 1 aliphatic rings. The lowest BCUT2D eigenvalue weighted by molar-refractivity contribution is 0.174. The predicted octanol–water partition coefficient (Wildman–Crippen LogP) is 3.42. The van der Waals surface area contributed by atoms with Crippen molar-refractivity contribution in [2.45, 2.75) is 4.21 Å². The maximum absolute atomic E-state index is 12.2. The molecule has 0 saturated heterocycles. The molecule has 128 valence electrons. The van der Waals surface area contributed by atoms with Gasteiger partial charge in [-0.1, -0.05) is 6.07 Å². The van der Waals surface area contributed by atoms with E-state index in [1.165, 1.54) is 0 Å². The largest absolute Gasteiger partial charge is 0.454 e. The van der Waals surface area contributed by atoms with Crippen LogP contribution in [0.25, 0.3) is 0 Å². The molecule has 0 amide bonds. The van der Waals surface area contributed by atoms with Crippen LogP contribution in [0.2, 0.25) is 0 Å². The fourth-order valence-corrected chi connectivity index (χ4v) is 4.27. The lowest BCUT2D eigenvalue weighted by Gasteiger charge is -2.09. The van der Waals surface area contributed by atoms with Crippen molar-refractivity contribution in [2.24, 2.45) is 0 Å². The zero-order valence-electron chi connectivity index (χ0n) is 12.8. The van der Waals surface area contributed by atoms with E-state index in [2.05, 4.69) is 15.0 Å². The van der Waals surface area contributed by atoms with Crippen molar-refractivity contribution in [1.82, 2.24) is 4.98 Å². The second-order valence-electron chi connectivity index (χ2n) is 5.16. The average Bonchev–Trinajstić information content (AvgIpc) is 3.28. The molecule has 0 aliphatic carbocycles. The molecule has 7 nitrogen and oxygen atoms in total. The third kappa shape index (κ3) is 3.37. The van der Waals surface area contributed by atoms with Crippen molar-refractivity contribution in [2.75, 3.05) is 16.8 Å². The van der Waals surface area contributed by atoms with Crippen LogP contribution in [-0.4, -0.2) is 20.2 Å². The third-order valence-electron chi connectivity index (χ3n) is 3.42. The molecule has 25 heavy (non-hydrogen) atoms.